The Kier molecular flexibility index (Phi) is 4.81. The minimum Gasteiger partial charge on any atom is -0.360 e. The molecule has 1 aromatic carbocycles. The standard InChI is InChI=1S/C17H17N5O2/c1-12-11-15(22-24-12)21-17-19-10-8-14(20-17)16(23)18-9-7-13-5-3-2-4-6-13/h2-6,8,10-11H,7,9H2,1H3,(H,18,23)(H,19,20,21,22). The van der Waals surface area contributed by atoms with Crippen molar-refractivity contribution in [3.05, 3.63) is 65.7 Å². The predicted octanol–water partition coefficient (Wildman–Crippen LogP) is 2.49. The average molecular weight is 323 g/mol. The van der Waals surface area contributed by atoms with Crippen molar-refractivity contribution in [2.75, 3.05) is 11.9 Å². The summed E-state index contributed by atoms with van der Waals surface area (Å²) in [5.74, 6) is 1.22. The second kappa shape index (κ2) is 7.36. The van der Waals surface area contributed by atoms with E-state index < -0.39 is 0 Å². The van der Waals surface area contributed by atoms with Crippen molar-refractivity contribution in [3.8, 4) is 0 Å². The molecule has 0 aliphatic heterocycles. The van der Waals surface area contributed by atoms with Crippen LogP contribution < -0.4 is 10.6 Å². The predicted molar refractivity (Wildman–Crippen MR) is 89.0 cm³/mol. The second-order valence-electron chi connectivity index (χ2n) is 5.20. The van der Waals surface area contributed by atoms with E-state index in [2.05, 4.69) is 25.8 Å². The summed E-state index contributed by atoms with van der Waals surface area (Å²) >= 11 is 0. The van der Waals surface area contributed by atoms with Crippen molar-refractivity contribution in [3.63, 3.8) is 0 Å². The first-order valence-corrected chi connectivity index (χ1v) is 7.56. The molecule has 0 bridgehead atoms. The molecule has 0 fully saturated rings. The van der Waals surface area contributed by atoms with E-state index in [0.29, 0.717) is 29.8 Å². The van der Waals surface area contributed by atoms with Crippen LogP contribution >= 0.6 is 0 Å². The van der Waals surface area contributed by atoms with Gasteiger partial charge in [-0.3, -0.25) is 4.79 Å². The highest BCUT2D eigenvalue weighted by atomic mass is 16.5. The zero-order valence-electron chi connectivity index (χ0n) is 13.2. The van der Waals surface area contributed by atoms with Crippen LogP contribution in [0.2, 0.25) is 0 Å². The Morgan fingerprint density at radius 3 is 2.79 bits per heavy atom. The number of carbonyl (C=O) groups excluding carboxylic acids is 1. The van der Waals surface area contributed by atoms with Crippen LogP contribution in [0, 0.1) is 6.92 Å². The maximum atomic E-state index is 12.2. The quantitative estimate of drug-likeness (QED) is 0.724. The maximum Gasteiger partial charge on any atom is 0.270 e. The summed E-state index contributed by atoms with van der Waals surface area (Å²) in [7, 11) is 0. The van der Waals surface area contributed by atoms with E-state index in [4.69, 9.17) is 4.52 Å². The zero-order valence-corrected chi connectivity index (χ0v) is 13.2. The van der Waals surface area contributed by atoms with Gasteiger partial charge in [-0.15, -0.1) is 0 Å². The number of carbonyl (C=O) groups is 1. The van der Waals surface area contributed by atoms with Crippen LogP contribution in [-0.2, 0) is 6.42 Å². The number of hydrogen-bond acceptors (Lipinski definition) is 6. The van der Waals surface area contributed by atoms with Crippen LogP contribution in [0.5, 0.6) is 0 Å². The molecular weight excluding hydrogens is 306 g/mol. The Morgan fingerprint density at radius 2 is 2.04 bits per heavy atom. The lowest BCUT2D eigenvalue weighted by atomic mass is 10.1. The second-order valence-corrected chi connectivity index (χ2v) is 5.20. The van der Waals surface area contributed by atoms with Crippen LogP contribution in [0.4, 0.5) is 11.8 Å². The van der Waals surface area contributed by atoms with Crippen molar-refractivity contribution in [1.82, 2.24) is 20.4 Å². The van der Waals surface area contributed by atoms with E-state index in [-0.39, 0.29) is 5.91 Å². The third-order valence-corrected chi connectivity index (χ3v) is 3.30. The first-order valence-electron chi connectivity index (χ1n) is 7.56. The number of benzene rings is 1. The van der Waals surface area contributed by atoms with Crippen molar-refractivity contribution >= 4 is 17.7 Å². The molecule has 3 aromatic rings. The molecule has 2 N–H and O–H groups in total. The van der Waals surface area contributed by atoms with E-state index >= 15 is 0 Å². The fourth-order valence-electron chi connectivity index (χ4n) is 2.14. The van der Waals surface area contributed by atoms with Crippen LogP contribution in [0.3, 0.4) is 0 Å². The minimum absolute atomic E-state index is 0.243. The Hall–Kier alpha value is -3.22. The molecular formula is C17H17N5O2. The SMILES string of the molecule is Cc1cc(Nc2nccc(C(=O)NCCc3ccccc3)n2)no1. The van der Waals surface area contributed by atoms with Crippen LogP contribution in [0.1, 0.15) is 21.8 Å². The topological polar surface area (TPSA) is 92.9 Å². The summed E-state index contributed by atoms with van der Waals surface area (Å²) in [6.07, 6.45) is 2.29. The highest BCUT2D eigenvalue weighted by molar-refractivity contribution is 5.92. The molecule has 0 aliphatic carbocycles. The molecule has 0 radical (unpaired) electrons. The average Bonchev–Trinajstić information content (AvgIpc) is 3.01. The molecule has 1 amide bonds. The molecule has 2 aromatic heterocycles. The van der Waals surface area contributed by atoms with Gasteiger partial charge in [-0.05, 0) is 25.0 Å². The third kappa shape index (κ3) is 4.16. The molecule has 7 nitrogen and oxygen atoms in total. The van der Waals surface area contributed by atoms with E-state index in [1.165, 1.54) is 11.8 Å². The van der Waals surface area contributed by atoms with Gasteiger partial charge in [-0.2, -0.15) is 0 Å². The first-order chi connectivity index (χ1) is 11.7. The van der Waals surface area contributed by atoms with Crippen LogP contribution in [0.15, 0.2) is 53.2 Å². The summed E-state index contributed by atoms with van der Waals surface area (Å²) < 4.78 is 4.96. The largest absolute Gasteiger partial charge is 0.360 e. The number of anilines is 2. The van der Waals surface area contributed by atoms with Crippen molar-refractivity contribution in [1.29, 1.82) is 0 Å². The van der Waals surface area contributed by atoms with Gasteiger partial charge in [0.1, 0.15) is 11.5 Å². The van der Waals surface area contributed by atoms with E-state index in [1.54, 1.807) is 19.1 Å². The maximum absolute atomic E-state index is 12.2. The van der Waals surface area contributed by atoms with Gasteiger partial charge in [-0.1, -0.05) is 35.5 Å². The van der Waals surface area contributed by atoms with Crippen LogP contribution in [-0.4, -0.2) is 27.6 Å². The summed E-state index contributed by atoms with van der Waals surface area (Å²) in [6.45, 7) is 2.33. The molecule has 24 heavy (non-hydrogen) atoms. The Morgan fingerprint density at radius 1 is 1.21 bits per heavy atom. The van der Waals surface area contributed by atoms with Crippen molar-refractivity contribution < 1.29 is 9.32 Å². The van der Waals surface area contributed by atoms with Gasteiger partial charge in [0.15, 0.2) is 5.82 Å². The third-order valence-electron chi connectivity index (χ3n) is 3.30. The smallest absolute Gasteiger partial charge is 0.270 e. The Bertz CT molecular complexity index is 817. The highest BCUT2D eigenvalue weighted by Gasteiger charge is 2.09. The molecule has 7 heteroatoms. The first kappa shape index (κ1) is 15.7. The molecule has 0 spiro atoms. The fraction of sp³-hybridized carbons (Fsp3) is 0.176. The van der Waals surface area contributed by atoms with Gasteiger partial charge in [-0.25, -0.2) is 9.97 Å². The van der Waals surface area contributed by atoms with Gasteiger partial charge >= 0.3 is 0 Å². The molecule has 3 rings (SSSR count). The normalized spacial score (nSPS) is 10.4. The lowest BCUT2D eigenvalue weighted by molar-refractivity contribution is 0.0949. The minimum atomic E-state index is -0.243. The number of rotatable bonds is 6. The lowest BCUT2D eigenvalue weighted by Gasteiger charge is -2.06. The van der Waals surface area contributed by atoms with E-state index in [1.807, 2.05) is 30.3 Å². The Labute approximate surface area is 139 Å². The van der Waals surface area contributed by atoms with Gasteiger partial charge < -0.3 is 15.2 Å². The van der Waals surface area contributed by atoms with Crippen LogP contribution in [0.25, 0.3) is 0 Å². The van der Waals surface area contributed by atoms with Crippen molar-refractivity contribution in [2.45, 2.75) is 13.3 Å². The summed E-state index contributed by atoms with van der Waals surface area (Å²) in [6, 6.07) is 13.3. The molecule has 0 atom stereocenters. The zero-order chi connectivity index (χ0) is 16.8. The number of nitrogens with one attached hydrogen (secondary N) is 2. The van der Waals surface area contributed by atoms with Gasteiger partial charge in [0, 0.05) is 18.8 Å². The molecule has 0 unspecified atom stereocenters. The molecule has 0 saturated carbocycles. The lowest BCUT2D eigenvalue weighted by Crippen LogP contribution is -2.26. The molecule has 0 saturated heterocycles. The van der Waals surface area contributed by atoms with E-state index in [0.717, 1.165) is 6.42 Å². The number of amides is 1. The number of aromatic nitrogens is 3. The molecule has 2 heterocycles. The van der Waals surface area contributed by atoms with E-state index in [9.17, 15) is 4.79 Å². The van der Waals surface area contributed by atoms with Crippen molar-refractivity contribution in [2.24, 2.45) is 0 Å². The summed E-state index contributed by atoms with van der Waals surface area (Å²) in [5.41, 5.74) is 1.46. The number of aryl methyl sites for hydroxylation is 1. The van der Waals surface area contributed by atoms with Gasteiger partial charge in [0.25, 0.3) is 5.91 Å². The van der Waals surface area contributed by atoms with Gasteiger partial charge in [0.05, 0.1) is 0 Å². The number of hydrogen-bond donors (Lipinski definition) is 2. The molecule has 0 aliphatic rings. The Balaban J connectivity index is 1.57. The highest BCUT2D eigenvalue weighted by Crippen LogP contribution is 2.12. The molecule has 122 valence electrons. The number of nitrogens with zero attached hydrogens (tertiary/aromatic N) is 3. The summed E-state index contributed by atoms with van der Waals surface area (Å²) in [5, 5.41) is 9.55. The monoisotopic (exact) mass is 323 g/mol. The van der Waals surface area contributed by atoms with Gasteiger partial charge in [0.2, 0.25) is 5.95 Å². The summed E-state index contributed by atoms with van der Waals surface area (Å²) in [4.78, 5) is 20.4. The fourth-order valence-corrected chi connectivity index (χ4v) is 2.14.